The fourth-order valence-corrected chi connectivity index (χ4v) is 5.38. The Hall–Kier alpha value is -3.95. The summed E-state index contributed by atoms with van der Waals surface area (Å²) in [5.74, 6) is -3.12. The minimum absolute atomic E-state index is 0.141. The third kappa shape index (κ3) is 4.41. The molecule has 1 spiro atoms. The van der Waals surface area contributed by atoms with Gasteiger partial charge in [-0.15, -0.1) is 0 Å². The largest absolute Gasteiger partial charge is 0.481 e. The van der Waals surface area contributed by atoms with Gasteiger partial charge in [0.15, 0.2) is 0 Å². The molecule has 37 heavy (non-hydrogen) atoms. The Morgan fingerprint density at radius 1 is 1.11 bits per heavy atom. The summed E-state index contributed by atoms with van der Waals surface area (Å²) in [7, 11) is 1.52. The van der Waals surface area contributed by atoms with Crippen LogP contribution in [-0.2, 0) is 0 Å². The Balaban J connectivity index is 1.30. The smallest absolute Gasteiger partial charge is 0.270 e. The van der Waals surface area contributed by atoms with Gasteiger partial charge in [0.2, 0.25) is 5.88 Å². The van der Waals surface area contributed by atoms with E-state index in [2.05, 4.69) is 15.3 Å². The lowest BCUT2D eigenvalue weighted by molar-refractivity contribution is -0.00441. The summed E-state index contributed by atoms with van der Waals surface area (Å²) < 4.78 is 48.0. The second kappa shape index (κ2) is 9.49. The number of benzene rings is 1. The molecule has 192 valence electrons. The molecule has 3 heterocycles. The molecule has 0 bridgehead atoms. The van der Waals surface area contributed by atoms with Crippen LogP contribution in [0.5, 0.6) is 5.88 Å². The highest BCUT2D eigenvalue weighted by Gasteiger charge is 2.53. The molecule has 2 amide bonds. The molecule has 10 heteroatoms. The van der Waals surface area contributed by atoms with E-state index in [0.29, 0.717) is 31.0 Å². The number of likely N-dealkylation sites (tertiary alicyclic amines) is 1. The van der Waals surface area contributed by atoms with Crippen molar-refractivity contribution < 1.29 is 27.5 Å². The number of halogens is 3. The van der Waals surface area contributed by atoms with Gasteiger partial charge in [-0.3, -0.25) is 9.59 Å². The first-order valence-electron chi connectivity index (χ1n) is 11.9. The number of nitrogens with one attached hydrogen (secondary N) is 1. The Morgan fingerprint density at radius 3 is 2.51 bits per heavy atom. The number of carbonyl (C=O) groups excluding carboxylic acids is 2. The zero-order valence-corrected chi connectivity index (χ0v) is 20.4. The number of methoxy groups -OCH3 is 1. The summed E-state index contributed by atoms with van der Waals surface area (Å²) in [6.07, 6.45) is 3.92. The first kappa shape index (κ1) is 24.7. The monoisotopic (exact) mass is 510 g/mol. The standard InChI is InChI=1S/C27H25F3N4O3/c1-15-11-16(12-31-25(15)37-2)26(36)34-13-27(14-34)10-4-7-21(27)33-24(35)20-9-8-19(30)23(32-20)22-17(28)5-3-6-18(22)29/h3,5-6,8-9,11-12,21H,4,7,10,13-14H2,1-2H3,(H,33,35). The molecule has 0 radical (unpaired) electrons. The maximum atomic E-state index is 14.4. The van der Waals surface area contributed by atoms with E-state index in [1.807, 2.05) is 6.92 Å². The summed E-state index contributed by atoms with van der Waals surface area (Å²) in [4.78, 5) is 35.9. The number of ether oxygens (including phenoxy) is 1. The Kier molecular flexibility index (Phi) is 6.35. The quantitative estimate of drug-likeness (QED) is 0.553. The molecule has 1 aliphatic carbocycles. The van der Waals surface area contributed by atoms with E-state index in [9.17, 15) is 22.8 Å². The highest BCUT2D eigenvalue weighted by molar-refractivity contribution is 5.95. The highest BCUT2D eigenvalue weighted by atomic mass is 19.1. The Morgan fingerprint density at radius 2 is 1.84 bits per heavy atom. The lowest BCUT2D eigenvalue weighted by atomic mass is 9.74. The molecule has 1 saturated carbocycles. The second-order valence-corrected chi connectivity index (χ2v) is 9.62. The molecule has 5 rings (SSSR count). The van der Waals surface area contributed by atoms with E-state index in [1.54, 1.807) is 11.0 Å². The van der Waals surface area contributed by atoms with Gasteiger partial charge in [-0.1, -0.05) is 12.5 Å². The maximum absolute atomic E-state index is 14.4. The first-order chi connectivity index (χ1) is 17.7. The second-order valence-electron chi connectivity index (χ2n) is 9.62. The van der Waals surface area contributed by atoms with Crippen LogP contribution in [0.3, 0.4) is 0 Å². The molecule has 1 atom stereocenters. The van der Waals surface area contributed by atoms with Gasteiger partial charge in [-0.2, -0.15) is 0 Å². The van der Waals surface area contributed by atoms with Crippen molar-refractivity contribution in [2.24, 2.45) is 5.41 Å². The maximum Gasteiger partial charge on any atom is 0.270 e. The lowest BCUT2D eigenvalue weighted by Gasteiger charge is -2.51. The molecule has 3 aromatic rings. The molecular weight excluding hydrogens is 485 g/mol. The third-order valence-electron chi connectivity index (χ3n) is 7.26. The van der Waals surface area contributed by atoms with Crippen LogP contribution in [0.2, 0.25) is 0 Å². The number of amides is 2. The summed E-state index contributed by atoms with van der Waals surface area (Å²) in [6, 6.07) is 6.85. The molecule has 2 aliphatic rings. The molecule has 2 fully saturated rings. The van der Waals surface area contributed by atoms with Crippen LogP contribution in [0.15, 0.2) is 42.6 Å². The summed E-state index contributed by atoms with van der Waals surface area (Å²) in [5, 5.41) is 2.96. The fourth-order valence-electron chi connectivity index (χ4n) is 5.38. The predicted molar refractivity (Wildman–Crippen MR) is 129 cm³/mol. The van der Waals surface area contributed by atoms with Gasteiger partial charge in [0, 0.05) is 36.3 Å². The number of carbonyl (C=O) groups is 2. The van der Waals surface area contributed by atoms with E-state index < -0.39 is 34.6 Å². The Bertz CT molecular complexity index is 1370. The summed E-state index contributed by atoms with van der Waals surface area (Å²) >= 11 is 0. The van der Waals surface area contributed by atoms with Gasteiger partial charge in [-0.25, -0.2) is 23.1 Å². The van der Waals surface area contributed by atoms with Crippen molar-refractivity contribution in [1.29, 1.82) is 0 Å². The summed E-state index contributed by atoms with van der Waals surface area (Å²) in [5.41, 5.74) is -0.378. The minimum Gasteiger partial charge on any atom is -0.481 e. The van der Waals surface area contributed by atoms with Crippen molar-refractivity contribution in [2.75, 3.05) is 20.2 Å². The zero-order valence-electron chi connectivity index (χ0n) is 20.4. The minimum atomic E-state index is -0.972. The number of rotatable bonds is 5. The molecule has 1 N–H and O–H groups in total. The van der Waals surface area contributed by atoms with Crippen LogP contribution in [0.25, 0.3) is 11.3 Å². The van der Waals surface area contributed by atoms with Crippen LogP contribution in [-0.4, -0.2) is 52.9 Å². The Labute approximate surface area is 211 Å². The van der Waals surface area contributed by atoms with E-state index in [4.69, 9.17) is 4.74 Å². The van der Waals surface area contributed by atoms with Gasteiger partial charge in [-0.05, 0) is 50.1 Å². The van der Waals surface area contributed by atoms with Crippen molar-refractivity contribution in [3.63, 3.8) is 0 Å². The van der Waals surface area contributed by atoms with Gasteiger partial charge in [0.05, 0.1) is 18.2 Å². The average Bonchev–Trinajstić information content (AvgIpc) is 3.27. The van der Waals surface area contributed by atoms with Crippen LogP contribution in [0, 0.1) is 29.8 Å². The van der Waals surface area contributed by atoms with Crippen LogP contribution < -0.4 is 10.1 Å². The molecule has 1 saturated heterocycles. The van der Waals surface area contributed by atoms with E-state index in [-0.39, 0.29) is 23.1 Å². The molecule has 1 unspecified atom stereocenters. The number of aryl methyl sites for hydroxylation is 1. The van der Waals surface area contributed by atoms with Gasteiger partial charge in [0.1, 0.15) is 28.8 Å². The SMILES string of the molecule is COc1ncc(C(=O)N2CC3(CCCC3NC(=O)c3ccc(F)c(-c4c(F)cccc4F)n3)C2)cc1C. The highest BCUT2D eigenvalue weighted by Crippen LogP contribution is 2.46. The average molecular weight is 511 g/mol. The fraction of sp³-hybridized carbons (Fsp3) is 0.333. The molecule has 2 aromatic heterocycles. The predicted octanol–water partition coefficient (Wildman–Crippen LogP) is 4.30. The van der Waals surface area contributed by atoms with E-state index in [0.717, 1.165) is 36.6 Å². The summed E-state index contributed by atoms with van der Waals surface area (Å²) in [6.45, 7) is 2.77. The van der Waals surface area contributed by atoms with E-state index >= 15 is 0 Å². The van der Waals surface area contributed by atoms with Gasteiger partial charge < -0.3 is 15.0 Å². The van der Waals surface area contributed by atoms with Crippen LogP contribution in [0.1, 0.15) is 45.7 Å². The lowest BCUT2D eigenvalue weighted by Crippen LogP contribution is -2.64. The molecule has 7 nitrogen and oxygen atoms in total. The number of hydrogen-bond acceptors (Lipinski definition) is 5. The zero-order chi connectivity index (χ0) is 26.3. The van der Waals surface area contributed by atoms with Crippen LogP contribution in [0.4, 0.5) is 13.2 Å². The molecular formula is C27H25F3N4O3. The van der Waals surface area contributed by atoms with Crippen molar-refractivity contribution >= 4 is 11.8 Å². The molecule has 1 aromatic carbocycles. The number of hydrogen-bond donors (Lipinski definition) is 1. The van der Waals surface area contributed by atoms with E-state index in [1.165, 1.54) is 25.4 Å². The third-order valence-corrected chi connectivity index (χ3v) is 7.26. The van der Waals surface area contributed by atoms with Crippen molar-refractivity contribution in [3.05, 3.63) is 76.9 Å². The van der Waals surface area contributed by atoms with Crippen molar-refractivity contribution in [2.45, 2.75) is 32.2 Å². The number of nitrogens with zero attached hydrogens (tertiary/aromatic N) is 3. The topological polar surface area (TPSA) is 84.4 Å². The van der Waals surface area contributed by atoms with Gasteiger partial charge >= 0.3 is 0 Å². The number of aromatic nitrogens is 2. The normalized spacial score (nSPS) is 18.0. The van der Waals surface area contributed by atoms with Crippen LogP contribution >= 0.6 is 0 Å². The first-order valence-corrected chi connectivity index (χ1v) is 11.9. The number of pyridine rings is 2. The van der Waals surface area contributed by atoms with Crippen molar-refractivity contribution in [3.8, 4) is 17.1 Å². The van der Waals surface area contributed by atoms with Crippen molar-refractivity contribution in [1.82, 2.24) is 20.2 Å². The molecule has 1 aliphatic heterocycles. The van der Waals surface area contributed by atoms with Gasteiger partial charge in [0.25, 0.3) is 11.8 Å².